The molecular weight excluding hydrogens is 294 g/mol. The van der Waals surface area contributed by atoms with Crippen molar-refractivity contribution in [1.82, 2.24) is 0 Å². The van der Waals surface area contributed by atoms with Gasteiger partial charge in [-0.3, -0.25) is 6.08 Å². The average Bonchev–Trinajstić information content (AvgIpc) is 2.12. The molecule has 0 amide bonds. The minimum Gasteiger partial charge on any atom is -0.269 e. The van der Waals surface area contributed by atoms with Crippen molar-refractivity contribution in [3.63, 3.8) is 0 Å². The van der Waals surface area contributed by atoms with E-state index in [-0.39, 0.29) is 63.4 Å². The number of hydrogen-bond donors (Lipinski definition) is 0. The Bertz CT molecular complexity index is 141. The second kappa shape index (κ2) is 12.2. The van der Waals surface area contributed by atoms with Crippen LogP contribution >= 0.6 is 37.2 Å². The fourth-order valence-corrected chi connectivity index (χ4v) is 0.818. The zero-order valence-corrected chi connectivity index (χ0v) is 12.1. The van der Waals surface area contributed by atoms with Crippen molar-refractivity contribution in [3.8, 4) is 0 Å². The molecule has 0 N–H and O–H groups in total. The Morgan fingerprint density at radius 3 is 1.92 bits per heavy atom. The maximum Gasteiger partial charge on any atom is 0 e. The van der Waals surface area contributed by atoms with Crippen molar-refractivity contribution in [2.24, 2.45) is 5.92 Å². The normalized spacial score (nSPS) is 11.8. The first-order valence-electron chi connectivity index (χ1n) is 3.08. The van der Waals surface area contributed by atoms with E-state index in [1.54, 1.807) is 0 Å². The van der Waals surface area contributed by atoms with Crippen LogP contribution in [-0.4, -0.2) is 0 Å². The van der Waals surface area contributed by atoms with Gasteiger partial charge >= 0.3 is 0 Å². The fourth-order valence-electron chi connectivity index (χ4n) is 0.818. The summed E-state index contributed by atoms with van der Waals surface area (Å²) in [7, 11) is 0. The van der Waals surface area contributed by atoms with E-state index in [9.17, 15) is 0 Å². The number of halogens is 3. The Hall–Kier alpha value is 1.23. The molecule has 0 bridgehead atoms. The summed E-state index contributed by atoms with van der Waals surface area (Å²) < 4.78 is 0. The Morgan fingerprint density at radius 1 is 1.25 bits per heavy atom. The summed E-state index contributed by atoms with van der Waals surface area (Å²) >= 11 is 0. The van der Waals surface area contributed by atoms with E-state index >= 15 is 0 Å². The van der Waals surface area contributed by atoms with Crippen LogP contribution in [0.25, 0.3) is 0 Å². The third-order valence-electron chi connectivity index (χ3n) is 1.34. The number of rotatable bonds is 1. The zero-order valence-electron chi connectivity index (χ0n) is 7.16. The Morgan fingerprint density at radius 2 is 1.75 bits per heavy atom. The van der Waals surface area contributed by atoms with Crippen LogP contribution in [0, 0.1) is 12.0 Å². The van der Waals surface area contributed by atoms with Crippen LogP contribution in [0.2, 0.25) is 0 Å². The molecular formula is C8H14Cl3Zr-. The Balaban J connectivity index is -0.0000000800. The van der Waals surface area contributed by atoms with E-state index in [2.05, 4.69) is 32.1 Å². The smallest absolute Gasteiger partial charge is 0 e. The van der Waals surface area contributed by atoms with Crippen molar-refractivity contribution in [3.05, 3.63) is 23.8 Å². The minimum absolute atomic E-state index is 0. The van der Waals surface area contributed by atoms with Crippen molar-refractivity contribution in [2.45, 2.75) is 20.3 Å². The van der Waals surface area contributed by atoms with Gasteiger partial charge in [0.2, 0.25) is 0 Å². The summed E-state index contributed by atoms with van der Waals surface area (Å²) in [6, 6.07) is 0. The van der Waals surface area contributed by atoms with E-state index < -0.39 is 0 Å². The maximum absolute atomic E-state index is 3.26. The van der Waals surface area contributed by atoms with E-state index in [0.717, 1.165) is 6.42 Å². The third kappa shape index (κ3) is 7.86. The average molecular weight is 308 g/mol. The van der Waals surface area contributed by atoms with E-state index in [0.29, 0.717) is 5.92 Å². The number of allylic oxidation sites excluding steroid dienone is 4. The summed E-state index contributed by atoms with van der Waals surface area (Å²) in [5.41, 5.74) is 1.37. The van der Waals surface area contributed by atoms with E-state index in [4.69, 9.17) is 0 Å². The summed E-state index contributed by atoms with van der Waals surface area (Å²) in [5, 5.41) is 0. The summed E-state index contributed by atoms with van der Waals surface area (Å²) in [5.74, 6) is 0.661. The molecule has 0 fully saturated rings. The van der Waals surface area contributed by atoms with Crippen molar-refractivity contribution in [2.75, 3.05) is 0 Å². The van der Waals surface area contributed by atoms with Crippen molar-refractivity contribution >= 4 is 37.2 Å². The second-order valence-corrected chi connectivity index (χ2v) is 2.39. The molecule has 0 saturated heterocycles. The molecule has 0 aromatic rings. The van der Waals surface area contributed by atoms with Gasteiger partial charge in [0.1, 0.15) is 0 Å². The SMILES string of the molecule is CC(C)C1=[C-]CC=C1.Cl.Cl.Cl.[Zr]. The summed E-state index contributed by atoms with van der Waals surface area (Å²) in [6.07, 6.45) is 8.59. The molecule has 1 rings (SSSR count). The van der Waals surface area contributed by atoms with Crippen LogP contribution in [-0.2, 0) is 26.2 Å². The first-order valence-corrected chi connectivity index (χ1v) is 3.08. The topological polar surface area (TPSA) is 0 Å². The van der Waals surface area contributed by atoms with Gasteiger partial charge in [-0.25, -0.2) is 11.6 Å². The van der Waals surface area contributed by atoms with E-state index in [1.165, 1.54) is 5.57 Å². The van der Waals surface area contributed by atoms with Gasteiger partial charge in [0.15, 0.2) is 0 Å². The molecule has 1 aliphatic carbocycles. The molecule has 0 radical (unpaired) electrons. The molecule has 0 heterocycles. The van der Waals surface area contributed by atoms with Crippen LogP contribution in [0.5, 0.6) is 0 Å². The van der Waals surface area contributed by atoms with Crippen LogP contribution in [0.15, 0.2) is 17.7 Å². The van der Waals surface area contributed by atoms with Crippen molar-refractivity contribution < 1.29 is 26.2 Å². The fraction of sp³-hybridized carbons (Fsp3) is 0.500. The molecule has 0 aromatic carbocycles. The quantitative estimate of drug-likeness (QED) is 0.649. The van der Waals surface area contributed by atoms with Gasteiger partial charge in [-0.2, -0.15) is 6.08 Å². The molecule has 0 aromatic heterocycles. The molecule has 4 heteroatoms. The number of hydrogen-bond acceptors (Lipinski definition) is 0. The Kier molecular flexibility index (Phi) is 23.7. The van der Waals surface area contributed by atoms with Gasteiger partial charge in [0.05, 0.1) is 0 Å². The first-order chi connectivity index (χ1) is 3.80. The largest absolute Gasteiger partial charge is 0.269 e. The van der Waals surface area contributed by atoms with Gasteiger partial charge in [0.25, 0.3) is 0 Å². The van der Waals surface area contributed by atoms with Crippen molar-refractivity contribution in [1.29, 1.82) is 0 Å². The second-order valence-electron chi connectivity index (χ2n) is 2.39. The standard InChI is InChI=1S/C8H11.3ClH.Zr/c1-7(2)8-5-3-4-6-8;;;;/h3,5,7H,4H2,1-2H3;3*1H;/q-1;;;;. The molecule has 0 aliphatic heterocycles. The van der Waals surface area contributed by atoms with Crippen LogP contribution in [0.4, 0.5) is 0 Å². The van der Waals surface area contributed by atoms with E-state index in [1.807, 2.05) is 0 Å². The van der Waals surface area contributed by atoms with Gasteiger partial charge in [0, 0.05) is 26.2 Å². The Labute approximate surface area is 113 Å². The van der Waals surface area contributed by atoms with Crippen LogP contribution in [0.1, 0.15) is 20.3 Å². The summed E-state index contributed by atoms with van der Waals surface area (Å²) in [6.45, 7) is 4.38. The molecule has 0 atom stereocenters. The molecule has 0 spiro atoms. The monoisotopic (exact) mass is 305 g/mol. The van der Waals surface area contributed by atoms with Crippen LogP contribution in [0.3, 0.4) is 0 Å². The predicted molar refractivity (Wildman–Crippen MR) is 57.1 cm³/mol. The molecule has 0 nitrogen and oxygen atoms in total. The van der Waals surface area contributed by atoms with Gasteiger partial charge < -0.3 is 0 Å². The van der Waals surface area contributed by atoms with Crippen LogP contribution < -0.4 is 0 Å². The van der Waals surface area contributed by atoms with Gasteiger partial charge in [-0.05, 0) is 0 Å². The molecule has 0 saturated carbocycles. The summed E-state index contributed by atoms with van der Waals surface area (Å²) in [4.78, 5) is 0. The predicted octanol–water partition coefficient (Wildman–Crippen LogP) is 3.59. The molecule has 1 aliphatic rings. The molecule has 0 unspecified atom stereocenters. The molecule has 72 valence electrons. The zero-order chi connectivity index (χ0) is 5.98. The minimum atomic E-state index is 0. The van der Waals surface area contributed by atoms with Gasteiger partial charge in [-0.15, -0.1) is 43.6 Å². The maximum atomic E-state index is 3.26. The molecule has 12 heavy (non-hydrogen) atoms. The van der Waals surface area contributed by atoms with Gasteiger partial charge in [-0.1, -0.05) is 19.8 Å². The first kappa shape index (κ1) is 23.2. The third-order valence-corrected chi connectivity index (χ3v) is 1.34.